The summed E-state index contributed by atoms with van der Waals surface area (Å²) in [5.74, 6) is 0.115. The number of amides is 2. The predicted molar refractivity (Wildman–Crippen MR) is 110 cm³/mol. The number of anilines is 1. The molecule has 0 unspecified atom stereocenters. The Morgan fingerprint density at radius 2 is 1.89 bits per heavy atom. The second-order valence-electron chi connectivity index (χ2n) is 6.35. The summed E-state index contributed by atoms with van der Waals surface area (Å²) >= 11 is 0. The van der Waals surface area contributed by atoms with Crippen molar-refractivity contribution in [3.05, 3.63) is 66.4 Å². The van der Waals surface area contributed by atoms with Gasteiger partial charge in [0.1, 0.15) is 12.3 Å². The van der Waals surface area contributed by atoms with Crippen LogP contribution in [0.3, 0.4) is 0 Å². The number of benzene rings is 2. The molecule has 1 aromatic heterocycles. The van der Waals surface area contributed by atoms with E-state index < -0.39 is 0 Å². The van der Waals surface area contributed by atoms with Crippen LogP contribution < -0.4 is 10.1 Å². The van der Waals surface area contributed by atoms with E-state index in [0.717, 1.165) is 17.3 Å². The van der Waals surface area contributed by atoms with Crippen LogP contribution in [0.1, 0.15) is 23.7 Å². The van der Waals surface area contributed by atoms with Crippen molar-refractivity contribution in [2.45, 2.75) is 13.3 Å². The van der Waals surface area contributed by atoms with Gasteiger partial charge < -0.3 is 15.0 Å². The number of aromatic nitrogens is 1. The molecule has 0 saturated carbocycles. The van der Waals surface area contributed by atoms with Crippen molar-refractivity contribution in [1.29, 1.82) is 0 Å². The first-order valence-electron chi connectivity index (χ1n) is 9.20. The minimum Gasteiger partial charge on any atom is -0.495 e. The van der Waals surface area contributed by atoms with Crippen molar-refractivity contribution in [3.63, 3.8) is 0 Å². The Morgan fingerprint density at radius 3 is 2.68 bits per heavy atom. The van der Waals surface area contributed by atoms with Crippen molar-refractivity contribution in [1.82, 2.24) is 9.88 Å². The SMILES string of the molecule is CCCN(CC(=O)Nc1ccccc1OC)C(=O)c1cccc2ncccc12. The average molecular weight is 377 g/mol. The van der Waals surface area contributed by atoms with Gasteiger partial charge in [-0.05, 0) is 36.8 Å². The zero-order valence-corrected chi connectivity index (χ0v) is 16.0. The monoisotopic (exact) mass is 377 g/mol. The summed E-state index contributed by atoms with van der Waals surface area (Å²) in [6.45, 7) is 2.42. The Bertz CT molecular complexity index is 982. The van der Waals surface area contributed by atoms with Crippen molar-refractivity contribution in [2.24, 2.45) is 0 Å². The molecule has 0 atom stereocenters. The van der Waals surface area contributed by atoms with Gasteiger partial charge in [-0.1, -0.05) is 31.2 Å². The number of carbonyl (C=O) groups excluding carboxylic acids is 2. The highest BCUT2D eigenvalue weighted by Crippen LogP contribution is 2.23. The van der Waals surface area contributed by atoms with Gasteiger partial charge in [0.05, 0.1) is 18.3 Å². The summed E-state index contributed by atoms with van der Waals surface area (Å²) in [6, 6.07) is 16.3. The van der Waals surface area contributed by atoms with E-state index in [9.17, 15) is 9.59 Å². The Labute approximate surface area is 164 Å². The fourth-order valence-electron chi connectivity index (χ4n) is 3.09. The fraction of sp³-hybridized carbons (Fsp3) is 0.227. The number of nitrogens with zero attached hydrogens (tertiary/aromatic N) is 2. The molecule has 1 heterocycles. The van der Waals surface area contributed by atoms with Gasteiger partial charge in [-0.3, -0.25) is 14.6 Å². The summed E-state index contributed by atoms with van der Waals surface area (Å²) < 4.78 is 5.26. The molecule has 0 bridgehead atoms. The number of pyridine rings is 1. The molecule has 0 fully saturated rings. The van der Waals surface area contributed by atoms with Crippen LogP contribution in [0.25, 0.3) is 10.9 Å². The minimum atomic E-state index is -0.273. The first-order chi connectivity index (χ1) is 13.6. The second kappa shape index (κ2) is 8.99. The number of ether oxygens (including phenoxy) is 1. The molecule has 1 N–H and O–H groups in total. The topological polar surface area (TPSA) is 71.5 Å². The number of nitrogens with one attached hydrogen (secondary N) is 1. The molecule has 0 radical (unpaired) electrons. The van der Waals surface area contributed by atoms with E-state index >= 15 is 0 Å². The number of hydrogen-bond acceptors (Lipinski definition) is 4. The smallest absolute Gasteiger partial charge is 0.255 e. The third-order valence-electron chi connectivity index (χ3n) is 4.37. The lowest BCUT2D eigenvalue weighted by Crippen LogP contribution is -2.38. The molecular formula is C22H23N3O3. The average Bonchev–Trinajstić information content (AvgIpc) is 2.73. The van der Waals surface area contributed by atoms with E-state index in [4.69, 9.17) is 4.74 Å². The quantitative estimate of drug-likeness (QED) is 0.681. The summed E-state index contributed by atoms with van der Waals surface area (Å²) in [6.07, 6.45) is 2.44. The molecular weight excluding hydrogens is 354 g/mol. The highest BCUT2D eigenvalue weighted by atomic mass is 16.5. The summed E-state index contributed by atoms with van der Waals surface area (Å²) in [5, 5.41) is 3.60. The standard InChI is InChI=1S/C22H23N3O3/c1-3-14-25(15-21(26)24-19-10-4-5-12-20(19)28-2)22(27)17-8-6-11-18-16(17)9-7-13-23-18/h4-13H,3,14-15H2,1-2H3,(H,24,26). The first kappa shape index (κ1) is 19.4. The van der Waals surface area contributed by atoms with Crippen LogP contribution in [0, 0.1) is 0 Å². The molecule has 144 valence electrons. The van der Waals surface area contributed by atoms with Crippen LogP contribution in [-0.4, -0.2) is 41.9 Å². The Balaban J connectivity index is 1.81. The molecule has 3 rings (SSSR count). The van der Waals surface area contributed by atoms with Crippen LogP contribution in [-0.2, 0) is 4.79 Å². The second-order valence-corrected chi connectivity index (χ2v) is 6.35. The van der Waals surface area contributed by atoms with Gasteiger partial charge in [0, 0.05) is 23.7 Å². The fourth-order valence-corrected chi connectivity index (χ4v) is 3.09. The number of fused-ring (bicyclic) bond motifs is 1. The number of hydrogen-bond donors (Lipinski definition) is 1. The van der Waals surface area contributed by atoms with Crippen LogP contribution in [0.15, 0.2) is 60.8 Å². The van der Waals surface area contributed by atoms with Crippen molar-refractivity contribution < 1.29 is 14.3 Å². The molecule has 0 spiro atoms. The summed E-state index contributed by atoms with van der Waals surface area (Å²) in [5.41, 5.74) is 1.88. The largest absolute Gasteiger partial charge is 0.495 e. The third-order valence-corrected chi connectivity index (χ3v) is 4.37. The Kier molecular flexibility index (Phi) is 6.22. The predicted octanol–water partition coefficient (Wildman–Crippen LogP) is 3.73. The van der Waals surface area contributed by atoms with Crippen molar-refractivity contribution in [2.75, 3.05) is 25.5 Å². The highest BCUT2D eigenvalue weighted by molar-refractivity contribution is 6.07. The van der Waals surface area contributed by atoms with Crippen LogP contribution >= 0.6 is 0 Å². The molecule has 2 amide bonds. The third kappa shape index (κ3) is 4.28. The molecule has 6 heteroatoms. The van der Waals surface area contributed by atoms with Gasteiger partial charge in [-0.2, -0.15) is 0 Å². The number of methoxy groups -OCH3 is 1. The van der Waals surface area contributed by atoms with E-state index in [0.29, 0.717) is 23.5 Å². The summed E-state index contributed by atoms with van der Waals surface area (Å²) in [4.78, 5) is 31.6. The van der Waals surface area contributed by atoms with Crippen molar-refractivity contribution in [3.8, 4) is 5.75 Å². The van der Waals surface area contributed by atoms with E-state index in [1.165, 1.54) is 0 Å². The van der Waals surface area contributed by atoms with E-state index in [1.54, 1.807) is 42.5 Å². The molecule has 6 nitrogen and oxygen atoms in total. The van der Waals surface area contributed by atoms with Gasteiger partial charge in [0.2, 0.25) is 5.91 Å². The molecule has 28 heavy (non-hydrogen) atoms. The molecule has 0 aliphatic rings. The lowest BCUT2D eigenvalue weighted by Gasteiger charge is -2.22. The summed E-state index contributed by atoms with van der Waals surface area (Å²) in [7, 11) is 1.55. The Morgan fingerprint density at radius 1 is 1.07 bits per heavy atom. The van der Waals surface area contributed by atoms with E-state index in [-0.39, 0.29) is 18.4 Å². The maximum absolute atomic E-state index is 13.2. The van der Waals surface area contributed by atoms with Gasteiger partial charge in [-0.25, -0.2) is 0 Å². The number of para-hydroxylation sites is 2. The number of rotatable bonds is 7. The van der Waals surface area contributed by atoms with Crippen LogP contribution in [0.2, 0.25) is 0 Å². The van der Waals surface area contributed by atoms with Gasteiger partial charge in [-0.15, -0.1) is 0 Å². The van der Waals surface area contributed by atoms with Crippen LogP contribution in [0.5, 0.6) is 5.75 Å². The first-order valence-corrected chi connectivity index (χ1v) is 9.20. The molecule has 0 aliphatic carbocycles. The highest BCUT2D eigenvalue weighted by Gasteiger charge is 2.20. The lowest BCUT2D eigenvalue weighted by atomic mass is 10.1. The van der Waals surface area contributed by atoms with Gasteiger partial charge >= 0.3 is 0 Å². The molecule has 2 aromatic carbocycles. The zero-order chi connectivity index (χ0) is 19.9. The van der Waals surface area contributed by atoms with Crippen LogP contribution in [0.4, 0.5) is 5.69 Å². The zero-order valence-electron chi connectivity index (χ0n) is 16.0. The number of carbonyl (C=O) groups is 2. The lowest BCUT2D eigenvalue weighted by molar-refractivity contribution is -0.116. The van der Waals surface area contributed by atoms with Crippen molar-refractivity contribution >= 4 is 28.4 Å². The maximum atomic E-state index is 13.2. The van der Waals surface area contributed by atoms with E-state index in [1.807, 2.05) is 37.3 Å². The minimum absolute atomic E-state index is 0.0403. The van der Waals surface area contributed by atoms with E-state index in [2.05, 4.69) is 10.3 Å². The Hall–Kier alpha value is -3.41. The molecule has 3 aromatic rings. The van der Waals surface area contributed by atoms with Gasteiger partial charge in [0.15, 0.2) is 0 Å². The maximum Gasteiger partial charge on any atom is 0.255 e. The van der Waals surface area contributed by atoms with Gasteiger partial charge in [0.25, 0.3) is 5.91 Å². The molecule has 0 aliphatic heterocycles. The molecule has 0 saturated heterocycles. The normalized spacial score (nSPS) is 10.5.